The molecule has 0 radical (unpaired) electrons. The summed E-state index contributed by atoms with van der Waals surface area (Å²) in [5, 5.41) is 3.33. The highest BCUT2D eigenvalue weighted by molar-refractivity contribution is 9.10. The third-order valence-corrected chi connectivity index (χ3v) is 4.49. The smallest absolute Gasteiger partial charge is 0.340 e. The SMILES string of the molecule is COC(=O)c1cc(C)cc(Br)c1NCCCCOc1ccccc1C. The predicted octanol–water partition coefficient (Wildman–Crippen LogP) is 5.12. The number of carbonyl (C=O) groups is 1. The quantitative estimate of drug-likeness (QED) is 0.488. The molecule has 2 aromatic carbocycles. The van der Waals surface area contributed by atoms with E-state index in [-0.39, 0.29) is 5.97 Å². The van der Waals surface area contributed by atoms with Gasteiger partial charge in [-0.2, -0.15) is 0 Å². The Kier molecular flexibility index (Phi) is 7.31. The van der Waals surface area contributed by atoms with E-state index in [0.29, 0.717) is 12.2 Å². The molecule has 4 nitrogen and oxygen atoms in total. The van der Waals surface area contributed by atoms with Gasteiger partial charge in [-0.15, -0.1) is 0 Å². The Morgan fingerprint density at radius 3 is 2.64 bits per heavy atom. The van der Waals surface area contributed by atoms with Gasteiger partial charge in [-0.3, -0.25) is 0 Å². The third-order valence-electron chi connectivity index (χ3n) is 3.86. The van der Waals surface area contributed by atoms with E-state index in [1.54, 1.807) is 0 Å². The van der Waals surface area contributed by atoms with Crippen LogP contribution in [0.2, 0.25) is 0 Å². The highest BCUT2D eigenvalue weighted by Gasteiger charge is 2.15. The van der Waals surface area contributed by atoms with Crippen LogP contribution in [-0.4, -0.2) is 26.2 Å². The summed E-state index contributed by atoms with van der Waals surface area (Å²) in [5.74, 6) is 0.597. The molecule has 0 aliphatic carbocycles. The molecule has 0 aliphatic heterocycles. The molecule has 0 heterocycles. The van der Waals surface area contributed by atoms with Crippen LogP contribution in [0, 0.1) is 13.8 Å². The number of ether oxygens (including phenoxy) is 2. The van der Waals surface area contributed by atoms with E-state index < -0.39 is 0 Å². The minimum Gasteiger partial charge on any atom is -0.493 e. The maximum atomic E-state index is 12.0. The summed E-state index contributed by atoms with van der Waals surface area (Å²) in [4.78, 5) is 12.0. The van der Waals surface area contributed by atoms with Gasteiger partial charge < -0.3 is 14.8 Å². The summed E-state index contributed by atoms with van der Waals surface area (Å²) in [7, 11) is 1.39. The number of nitrogens with one attached hydrogen (secondary N) is 1. The first-order valence-corrected chi connectivity index (χ1v) is 9.13. The van der Waals surface area contributed by atoms with Crippen molar-refractivity contribution in [2.45, 2.75) is 26.7 Å². The van der Waals surface area contributed by atoms with Crippen LogP contribution in [0.25, 0.3) is 0 Å². The standard InChI is InChI=1S/C20H24BrNO3/c1-14-12-16(20(23)24-3)19(17(21)13-14)22-10-6-7-11-25-18-9-5-4-8-15(18)2/h4-5,8-9,12-13,22H,6-7,10-11H2,1-3H3. The summed E-state index contributed by atoms with van der Waals surface area (Å²) in [6.45, 7) is 5.41. The van der Waals surface area contributed by atoms with Crippen LogP contribution in [0.1, 0.15) is 34.3 Å². The number of unbranched alkanes of at least 4 members (excludes halogenated alkanes) is 1. The number of esters is 1. The zero-order valence-electron chi connectivity index (χ0n) is 14.9. The fourth-order valence-electron chi connectivity index (χ4n) is 2.53. The van der Waals surface area contributed by atoms with Crippen LogP contribution >= 0.6 is 15.9 Å². The van der Waals surface area contributed by atoms with Crippen LogP contribution in [0.3, 0.4) is 0 Å². The lowest BCUT2D eigenvalue weighted by Gasteiger charge is -2.14. The van der Waals surface area contributed by atoms with Gasteiger partial charge in [0.15, 0.2) is 0 Å². The Bertz CT molecular complexity index is 731. The number of rotatable bonds is 8. The number of hydrogen-bond donors (Lipinski definition) is 1. The summed E-state index contributed by atoms with van der Waals surface area (Å²) in [5.41, 5.74) is 3.47. The molecule has 1 N–H and O–H groups in total. The molecule has 0 amide bonds. The highest BCUT2D eigenvalue weighted by Crippen LogP contribution is 2.29. The van der Waals surface area contributed by atoms with Gasteiger partial charge in [-0.25, -0.2) is 4.79 Å². The molecule has 0 atom stereocenters. The largest absolute Gasteiger partial charge is 0.493 e. The summed E-state index contributed by atoms with van der Waals surface area (Å²) < 4.78 is 11.5. The molecule has 0 bridgehead atoms. The van der Waals surface area contributed by atoms with Crippen LogP contribution in [0.15, 0.2) is 40.9 Å². The molecule has 2 rings (SSSR count). The van der Waals surface area contributed by atoms with E-state index >= 15 is 0 Å². The number of halogens is 1. The Balaban J connectivity index is 1.84. The van der Waals surface area contributed by atoms with Crippen molar-refractivity contribution in [3.05, 3.63) is 57.6 Å². The van der Waals surface area contributed by atoms with E-state index in [9.17, 15) is 4.79 Å². The minimum absolute atomic E-state index is 0.338. The van der Waals surface area contributed by atoms with Crippen molar-refractivity contribution < 1.29 is 14.3 Å². The molecule has 2 aromatic rings. The van der Waals surface area contributed by atoms with E-state index in [1.807, 2.05) is 50.2 Å². The van der Waals surface area contributed by atoms with Crippen molar-refractivity contribution in [3.63, 3.8) is 0 Å². The zero-order chi connectivity index (χ0) is 18.2. The first-order valence-electron chi connectivity index (χ1n) is 8.33. The number of hydrogen-bond acceptors (Lipinski definition) is 4. The van der Waals surface area contributed by atoms with Crippen molar-refractivity contribution >= 4 is 27.6 Å². The molecule has 134 valence electrons. The second-order valence-corrected chi connectivity index (χ2v) is 6.76. The first kappa shape index (κ1) is 19.3. The van der Waals surface area contributed by atoms with Crippen molar-refractivity contribution in [2.24, 2.45) is 0 Å². The zero-order valence-corrected chi connectivity index (χ0v) is 16.5. The number of para-hydroxylation sites is 1. The lowest BCUT2D eigenvalue weighted by Crippen LogP contribution is -2.11. The van der Waals surface area contributed by atoms with Crippen molar-refractivity contribution in [1.29, 1.82) is 0 Å². The molecule has 0 aromatic heterocycles. The summed E-state index contributed by atoms with van der Waals surface area (Å²) in [6, 6.07) is 11.8. The highest BCUT2D eigenvalue weighted by atomic mass is 79.9. The maximum absolute atomic E-state index is 12.0. The van der Waals surface area contributed by atoms with Crippen LogP contribution in [-0.2, 0) is 4.74 Å². The van der Waals surface area contributed by atoms with E-state index in [0.717, 1.165) is 46.4 Å². The van der Waals surface area contributed by atoms with E-state index in [2.05, 4.69) is 21.2 Å². The fraction of sp³-hybridized carbons (Fsp3) is 0.350. The van der Waals surface area contributed by atoms with Crippen molar-refractivity contribution in [3.8, 4) is 5.75 Å². The third kappa shape index (κ3) is 5.49. The molecule has 0 spiro atoms. The summed E-state index contributed by atoms with van der Waals surface area (Å²) >= 11 is 3.52. The predicted molar refractivity (Wildman–Crippen MR) is 105 cm³/mol. The van der Waals surface area contributed by atoms with Crippen molar-refractivity contribution in [1.82, 2.24) is 0 Å². The van der Waals surface area contributed by atoms with Gasteiger partial charge in [0.25, 0.3) is 0 Å². The Morgan fingerprint density at radius 1 is 1.16 bits per heavy atom. The van der Waals surface area contributed by atoms with Gasteiger partial charge in [0.05, 0.1) is 25.0 Å². The molecular weight excluding hydrogens is 382 g/mol. The molecular formula is C20H24BrNO3. The second kappa shape index (κ2) is 9.47. The van der Waals surface area contributed by atoms with Crippen LogP contribution in [0.5, 0.6) is 5.75 Å². The summed E-state index contributed by atoms with van der Waals surface area (Å²) in [6.07, 6.45) is 1.87. The molecule has 0 aliphatic rings. The molecule has 0 unspecified atom stereocenters. The number of carbonyl (C=O) groups excluding carboxylic acids is 1. The van der Waals surface area contributed by atoms with Crippen molar-refractivity contribution in [2.75, 3.05) is 25.6 Å². The number of benzene rings is 2. The lowest BCUT2D eigenvalue weighted by molar-refractivity contribution is 0.0601. The van der Waals surface area contributed by atoms with E-state index in [4.69, 9.17) is 9.47 Å². The molecule has 25 heavy (non-hydrogen) atoms. The van der Waals surface area contributed by atoms with Crippen LogP contribution in [0.4, 0.5) is 5.69 Å². The molecule has 5 heteroatoms. The topological polar surface area (TPSA) is 47.6 Å². The maximum Gasteiger partial charge on any atom is 0.340 e. The lowest BCUT2D eigenvalue weighted by atomic mass is 10.1. The Hall–Kier alpha value is -2.01. The Morgan fingerprint density at radius 2 is 1.92 bits per heavy atom. The van der Waals surface area contributed by atoms with Crippen LogP contribution < -0.4 is 10.1 Å². The molecule has 0 saturated heterocycles. The monoisotopic (exact) mass is 405 g/mol. The van der Waals surface area contributed by atoms with Gasteiger partial charge in [-0.1, -0.05) is 18.2 Å². The first-order chi connectivity index (χ1) is 12.0. The van der Waals surface area contributed by atoms with Gasteiger partial charge in [0.1, 0.15) is 5.75 Å². The van der Waals surface area contributed by atoms with Gasteiger partial charge in [0.2, 0.25) is 0 Å². The average Bonchev–Trinajstić information content (AvgIpc) is 2.59. The number of anilines is 1. The molecule has 0 saturated carbocycles. The Labute approximate surface area is 157 Å². The normalized spacial score (nSPS) is 10.4. The number of aryl methyl sites for hydroxylation is 2. The van der Waals surface area contributed by atoms with Gasteiger partial charge in [0, 0.05) is 11.0 Å². The van der Waals surface area contributed by atoms with Gasteiger partial charge in [-0.05, 0) is 71.9 Å². The molecule has 0 fully saturated rings. The number of methoxy groups -OCH3 is 1. The minimum atomic E-state index is -0.338. The van der Waals surface area contributed by atoms with Gasteiger partial charge >= 0.3 is 5.97 Å². The average molecular weight is 406 g/mol. The van der Waals surface area contributed by atoms with E-state index in [1.165, 1.54) is 7.11 Å². The fourth-order valence-corrected chi connectivity index (χ4v) is 3.25. The second-order valence-electron chi connectivity index (χ2n) is 5.91.